The molecule has 0 fully saturated rings. The predicted molar refractivity (Wildman–Crippen MR) is 312 cm³/mol. The van der Waals surface area contributed by atoms with Crippen LogP contribution in [0.5, 0.6) is 0 Å². The summed E-state index contributed by atoms with van der Waals surface area (Å²) >= 11 is 0. The zero-order valence-corrected chi connectivity index (χ0v) is 42.2. The Kier molecular flexibility index (Phi) is 14.2. The van der Waals surface area contributed by atoms with Gasteiger partial charge in [0, 0.05) is 0 Å². The third-order valence-corrected chi connectivity index (χ3v) is 22.5. The molecule has 11 rings (SSSR count). The third-order valence-electron chi connectivity index (χ3n) is 12.6. The maximum atomic E-state index is 2.68. The fourth-order valence-electron chi connectivity index (χ4n) is 9.50. The summed E-state index contributed by atoms with van der Waals surface area (Å²) in [6, 6.07) is 114. The molecular weight excluding hydrogens is 917 g/mol. The van der Waals surface area contributed by atoms with E-state index in [9.17, 15) is 0 Å². The first-order chi connectivity index (χ1) is 34.8. The molecule has 0 heterocycles. The van der Waals surface area contributed by atoms with Crippen LogP contribution in [-0.4, -0.2) is 0 Å². The maximum absolute atomic E-state index is 2.68. The first kappa shape index (κ1) is 45.6. The van der Waals surface area contributed by atoms with E-state index in [0.29, 0.717) is 0 Å². The van der Waals surface area contributed by atoms with Gasteiger partial charge in [-0.25, -0.2) is 0 Å². The lowest BCUT2D eigenvalue weighted by atomic mass is 9.98. The molecule has 0 aromatic heterocycles. The minimum Gasteiger partial charge on any atom is -0.0622 e. The molecule has 0 nitrogen and oxygen atoms in total. The van der Waals surface area contributed by atoms with Gasteiger partial charge in [0.25, 0.3) is 0 Å². The van der Waals surface area contributed by atoms with Crippen molar-refractivity contribution in [1.29, 1.82) is 0 Å². The number of hydrogen-bond donors (Lipinski definition) is 0. The summed E-state index contributed by atoms with van der Waals surface area (Å²) in [6.45, 7) is 0. The summed E-state index contributed by atoms with van der Waals surface area (Å²) in [4.78, 5) is 0. The zero-order valence-electron chi connectivity index (χ0n) is 38.7. The minimum atomic E-state index is -1.06. The second kappa shape index (κ2) is 21.8. The van der Waals surface area contributed by atoms with Crippen molar-refractivity contribution < 1.29 is 0 Å². The third kappa shape index (κ3) is 9.68. The van der Waals surface area contributed by atoms with Crippen molar-refractivity contribution in [2.45, 2.75) is 0 Å². The molecule has 11 aromatic rings. The fourth-order valence-corrected chi connectivity index (χ4v) is 19.5. The van der Waals surface area contributed by atoms with Gasteiger partial charge in [0.15, 0.2) is 0 Å². The van der Waals surface area contributed by atoms with Gasteiger partial charge >= 0.3 is 0 Å². The number of hydrogen-bond acceptors (Lipinski definition) is 0. The van der Waals surface area contributed by atoms with Crippen LogP contribution in [0.15, 0.2) is 303 Å². The normalized spacial score (nSPS) is 11.4. The second-order valence-corrected chi connectivity index (χ2v) is 25.7. The summed E-state index contributed by atoms with van der Waals surface area (Å²) in [5.74, 6) is 0. The molecule has 0 bridgehead atoms. The van der Waals surface area contributed by atoms with Crippen LogP contribution in [0.3, 0.4) is 0 Å². The van der Waals surface area contributed by atoms with Gasteiger partial charge in [-0.1, -0.05) is 291 Å². The van der Waals surface area contributed by atoms with Crippen molar-refractivity contribution >= 4 is 95.3 Å². The fraction of sp³-hybridized carbons (Fsp3) is 0. The molecule has 0 aliphatic heterocycles. The lowest BCUT2D eigenvalue weighted by Crippen LogP contribution is -2.31. The van der Waals surface area contributed by atoms with Crippen molar-refractivity contribution in [3.05, 3.63) is 303 Å². The van der Waals surface area contributed by atoms with E-state index >= 15 is 0 Å². The summed E-state index contributed by atoms with van der Waals surface area (Å²) in [7, 11) is -4.02. The second-order valence-electron chi connectivity index (χ2n) is 16.9. The van der Waals surface area contributed by atoms with Crippen LogP contribution in [0.25, 0.3) is 22.3 Å². The van der Waals surface area contributed by atoms with Gasteiger partial charge in [-0.05, 0) is 130 Å². The Balaban J connectivity index is 1.30. The summed E-state index contributed by atoms with van der Waals surface area (Å²) in [5, 5.41) is 16.1. The highest BCUT2D eigenvalue weighted by atomic mass is 31.1. The van der Waals surface area contributed by atoms with Gasteiger partial charge in [0.05, 0.1) is 0 Å². The molecule has 0 aliphatic carbocycles. The molecule has 0 atom stereocenters. The van der Waals surface area contributed by atoms with E-state index in [4.69, 9.17) is 0 Å². The molecular formula is C66H50P4. The highest BCUT2D eigenvalue weighted by Crippen LogP contribution is 2.46. The van der Waals surface area contributed by atoms with Crippen LogP contribution in [0.1, 0.15) is 0 Å². The smallest absolute Gasteiger partial charge is 0.00654 e. The van der Waals surface area contributed by atoms with Crippen molar-refractivity contribution in [3.63, 3.8) is 0 Å². The summed E-state index contributed by atoms with van der Waals surface area (Å²) in [6.07, 6.45) is 0. The lowest BCUT2D eigenvalue weighted by molar-refractivity contribution is 1.66. The van der Waals surface area contributed by atoms with E-state index in [1.807, 2.05) is 0 Å². The van der Waals surface area contributed by atoms with Crippen LogP contribution < -0.4 is 63.7 Å². The summed E-state index contributed by atoms with van der Waals surface area (Å²) in [5.41, 5.74) is 5.11. The van der Waals surface area contributed by atoms with E-state index in [1.165, 1.54) is 85.9 Å². The van der Waals surface area contributed by atoms with Crippen molar-refractivity contribution in [3.8, 4) is 22.3 Å². The molecule has 0 amide bonds. The number of benzene rings is 11. The SMILES string of the molecule is c1ccc(P(c2ccccc2)c2ccccc2-c2cc(-c3ccccc3P(c3ccccc3)c3ccccc3)c(P(c3ccccc3)c3ccccc3)cc2P(c2ccccc2)c2ccccc2)cc1. The Bertz CT molecular complexity index is 3020. The lowest BCUT2D eigenvalue weighted by Gasteiger charge is -2.31. The molecule has 4 heteroatoms. The van der Waals surface area contributed by atoms with E-state index in [-0.39, 0.29) is 0 Å². The molecule has 0 radical (unpaired) electrons. The van der Waals surface area contributed by atoms with Gasteiger partial charge < -0.3 is 0 Å². The summed E-state index contributed by atoms with van der Waals surface area (Å²) < 4.78 is 0. The van der Waals surface area contributed by atoms with Gasteiger partial charge in [0.2, 0.25) is 0 Å². The number of rotatable bonds is 14. The van der Waals surface area contributed by atoms with Gasteiger partial charge in [0.1, 0.15) is 0 Å². The standard InChI is InChI=1S/C66H50P4/c1-9-29-51(30-10-1)67(52-31-11-2-12-32-52)63-47-27-25-45-59(63)61-49-62(60-46-26-28-48-64(60)68(53-33-13-3-14-34-53)54-35-15-4-16-36-54)66(70(57-41-21-7-22-42-57)58-43-23-8-24-44-58)50-65(61)69(55-37-17-5-18-38-55)56-39-19-6-20-40-56/h1-50H. The average Bonchev–Trinajstić information content (AvgIpc) is 3.44. The molecule has 0 saturated heterocycles. The van der Waals surface area contributed by atoms with Crippen LogP contribution in [0.2, 0.25) is 0 Å². The molecule has 0 saturated carbocycles. The van der Waals surface area contributed by atoms with E-state index in [1.54, 1.807) is 0 Å². The molecule has 334 valence electrons. The largest absolute Gasteiger partial charge is 0.0622 e. The molecule has 0 aliphatic rings. The first-order valence-electron chi connectivity index (χ1n) is 23.8. The monoisotopic (exact) mass is 966 g/mol. The van der Waals surface area contributed by atoms with Crippen LogP contribution in [0.4, 0.5) is 0 Å². The van der Waals surface area contributed by atoms with E-state index in [2.05, 4.69) is 303 Å². The molecule has 0 N–H and O–H groups in total. The highest BCUT2D eigenvalue weighted by Gasteiger charge is 2.31. The Morgan fingerprint density at radius 2 is 0.329 bits per heavy atom. The van der Waals surface area contributed by atoms with Crippen LogP contribution >= 0.6 is 31.7 Å². The topological polar surface area (TPSA) is 0 Å². The Labute approximate surface area is 418 Å². The molecule has 0 spiro atoms. The van der Waals surface area contributed by atoms with Crippen LogP contribution in [0, 0.1) is 0 Å². The van der Waals surface area contributed by atoms with Gasteiger partial charge in [-0.2, -0.15) is 0 Å². The Morgan fingerprint density at radius 3 is 0.557 bits per heavy atom. The Morgan fingerprint density at radius 1 is 0.143 bits per heavy atom. The molecule has 70 heavy (non-hydrogen) atoms. The minimum absolute atomic E-state index is 0.950. The first-order valence-corrected chi connectivity index (χ1v) is 29.1. The highest BCUT2D eigenvalue weighted by molar-refractivity contribution is 7.82. The maximum Gasteiger partial charge on any atom is -0.00654 e. The quantitative estimate of drug-likeness (QED) is 0.0953. The van der Waals surface area contributed by atoms with Crippen molar-refractivity contribution in [2.75, 3.05) is 0 Å². The van der Waals surface area contributed by atoms with Gasteiger partial charge in [-0.15, -0.1) is 0 Å². The van der Waals surface area contributed by atoms with Crippen LogP contribution in [-0.2, 0) is 0 Å². The van der Waals surface area contributed by atoms with Crippen molar-refractivity contribution in [2.24, 2.45) is 0 Å². The zero-order chi connectivity index (χ0) is 46.9. The Hall–Kier alpha value is -6.86. The predicted octanol–water partition coefficient (Wildman–Crippen LogP) is 12.1. The molecule has 0 unspecified atom stereocenters. The molecule has 11 aromatic carbocycles. The van der Waals surface area contributed by atoms with Gasteiger partial charge in [-0.3, -0.25) is 0 Å². The average molecular weight is 967 g/mol. The van der Waals surface area contributed by atoms with Crippen molar-refractivity contribution in [1.82, 2.24) is 0 Å². The van der Waals surface area contributed by atoms with E-state index in [0.717, 1.165) is 0 Å². The van der Waals surface area contributed by atoms with E-state index < -0.39 is 31.7 Å².